The Morgan fingerprint density at radius 3 is 2.55 bits per heavy atom. The third kappa shape index (κ3) is 4.43. The first-order chi connectivity index (χ1) is 14.0. The number of pyridine rings is 1. The maximum absolute atomic E-state index is 13.8. The largest absolute Gasteiger partial charge is 0.326 e. The number of hydrogen-bond donors (Lipinski definition) is 1. The van der Waals surface area contributed by atoms with Gasteiger partial charge in [0.1, 0.15) is 5.82 Å². The Morgan fingerprint density at radius 2 is 1.83 bits per heavy atom. The maximum Gasteiger partial charge on any atom is 0.227 e. The number of nitrogens with zero attached hydrogens (tertiary/aromatic N) is 1. The second-order valence-corrected chi connectivity index (χ2v) is 8.39. The molecule has 0 unspecified atom stereocenters. The van der Waals surface area contributed by atoms with Crippen molar-refractivity contribution in [1.29, 1.82) is 0 Å². The molecule has 3 nitrogen and oxygen atoms in total. The van der Waals surface area contributed by atoms with E-state index >= 15 is 0 Å². The van der Waals surface area contributed by atoms with Crippen molar-refractivity contribution in [3.05, 3.63) is 71.1 Å². The Morgan fingerprint density at radius 1 is 1.10 bits per heavy atom. The van der Waals surface area contributed by atoms with Crippen LogP contribution in [0, 0.1) is 17.7 Å². The van der Waals surface area contributed by atoms with Gasteiger partial charge in [-0.25, -0.2) is 4.39 Å². The Balaban J connectivity index is 1.41. The summed E-state index contributed by atoms with van der Waals surface area (Å²) in [4.78, 5) is 17.0. The molecule has 150 valence electrons. The molecular formula is C24H24ClFN2O. The molecule has 0 spiro atoms. The highest BCUT2D eigenvalue weighted by Gasteiger charge is 2.30. The minimum absolute atomic E-state index is 0.0483. The first kappa shape index (κ1) is 19.8. The van der Waals surface area contributed by atoms with Crippen molar-refractivity contribution in [3.63, 3.8) is 0 Å². The van der Waals surface area contributed by atoms with Crippen LogP contribution < -0.4 is 5.32 Å². The number of anilines is 1. The first-order valence-corrected chi connectivity index (χ1v) is 10.5. The van der Waals surface area contributed by atoms with Crippen LogP contribution in [0.3, 0.4) is 0 Å². The molecule has 29 heavy (non-hydrogen) atoms. The number of hydrogen-bond acceptors (Lipinski definition) is 2. The predicted molar refractivity (Wildman–Crippen MR) is 116 cm³/mol. The van der Waals surface area contributed by atoms with E-state index in [1.807, 2.05) is 31.3 Å². The van der Waals surface area contributed by atoms with Gasteiger partial charge in [-0.05, 0) is 91.6 Å². The van der Waals surface area contributed by atoms with Crippen molar-refractivity contribution in [2.45, 2.75) is 38.5 Å². The molecule has 1 fully saturated rings. The topological polar surface area (TPSA) is 42.0 Å². The van der Waals surface area contributed by atoms with Gasteiger partial charge in [-0.1, -0.05) is 18.5 Å². The van der Waals surface area contributed by atoms with Crippen LogP contribution in [0.15, 0.2) is 54.7 Å². The van der Waals surface area contributed by atoms with E-state index < -0.39 is 0 Å². The molecule has 2 aromatic carbocycles. The number of nitrogens with one attached hydrogen (secondary N) is 1. The molecule has 1 aliphatic carbocycles. The highest BCUT2D eigenvalue weighted by molar-refractivity contribution is 6.30. The summed E-state index contributed by atoms with van der Waals surface area (Å²) in [6.45, 7) is 2.01. The summed E-state index contributed by atoms with van der Waals surface area (Å²) in [6.07, 6.45) is 5.78. The van der Waals surface area contributed by atoms with Gasteiger partial charge in [0, 0.05) is 28.2 Å². The van der Waals surface area contributed by atoms with Crippen LogP contribution in [0.1, 0.15) is 44.1 Å². The molecule has 5 heteroatoms. The molecule has 1 atom stereocenters. The Labute approximate surface area is 175 Å². The van der Waals surface area contributed by atoms with Gasteiger partial charge in [-0.15, -0.1) is 0 Å². The first-order valence-electron chi connectivity index (χ1n) is 10.1. The summed E-state index contributed by atoms with van der Waals surface area (Å²) < 4.78 is 13.8. The van der Waals surface area contributed by atoms with Gasteiger partial charge in [0.25, 0.3) is 0 Å². The summed E-state index contributed by atoms with van der Waals surface area (Å²) >= 11 is 5.90. The number of amides is 1. The van der Waals surface area contributed by atoms with Gasteiger partial charge in [0.05, 0.1) is 5.52 Å². The fourth-order valence-corrected chi connectivity index (χ4v) is 4.56. The minimum Gasteiger partial charge on any atom is -0.326 e. The van der Waals surface area contributed by atoms with E-state index in [0.717, 1.165) is 42.3 Å². The number of aromatic nitrogens is 1. The average molecular weight is 411 g/mol. The van der Waals surface area contributed by atoms with Gasteiger partial charge in [0.15, 0.2) is 0 Å². The third-order valence-electron chi connectivity index (χ3n) is 6.18. The third-order valence-corrected chi connectivity index (χ3v) is 6.43. The molecule has 0 aliphatic heterocycles. The lowest BCUT2D eigenvalue weighted by atomic mass is 9.73. The van der Waals surface area contributed by atoms with Crippen LogP contribution in [-0.2, 0) is 4.79 Å². The van der Waals surface area contributed by atoms with E-state index in [9.17, 15) is 9.18 Å². The summed E-state index contributed by atoms with van der Waals surface area (Å²) in [5.41, 5.74) is 2.78. The van der Waals surface area contributed by atoms with E-state index in [-0.39, 0.29) is 17.6 Å². The van der Waals surface area contributed by atoms with Crippen LogP contribution in [0.4, 0.5) is 10.1 Å². The monoisotopic (exact) mass is 410 g/mol. The van der Waals surface area contributed by atoms with Crippen LogP contribution >= 0.6 is 11.6 Å². The van der Waals surface area contributed by atoms with Crippen molar-refractivity contribution >= 4 is 34.1 Å². The normalized spacial score (nSPS) is 20.4. The molecule has 0 bridgehead atoms. The standard InChI is InChI=1S/C24H24ClFN2O/c1-15(24(29)28-20-9-6-18(25)7-10-20)16-2-4-17(5-3-16)21-12-13-27-23-11-8-19(26)14-22(21)23/h6-17H,2-5H2,1H3,(H,28,29)/t15-,16?,17?/m1/s1. The average Bonchev–Trinajstić information content (AvgIpc) is 2.74. The van der Waals surface area contributed by atoms with E-state index in [2.05, 4.69) is 10.3 Å². The SMILES string of the molecule is C[C@@H](C(=O)Nc1ccc(Cl)cc1)C1CCC(c2ccnc3ccc(F)cc23)CC1. The van der Waals surface area contributed by atoms with E-state index in [0.29, 0.717) is 16.9 Å². The number of carbonyl (C=O) groups excluding carboxylic acids is 1. The van der Waals surface area contributed by atoms with Gasteiger partial charge in [0.2, 0.25) is 5.91 Å². The van der Waals surface area contributed by atoms with Gasteiger partial charge in [-0.3, -0.25) is 9.78 Å². The smallest absolute Gasteiger partial charge is 0.227 e. The van der Waals surface area contributed by atoms with Crippen LogP contribution in [0.25, 0.3) is 10.9 Å². The molecule has 1 aliphatic rings. The maximum atomic E-state index is 13.8. The molecule has 4 rings (SSSR count). The van der Waals surface area contributed by atoms with Crippen LogP contribution in [-0.4, -0.2) is 10.9 Å². The molecule has 1 N–H and O–H groups in total. The van der Waals surface area contributed by atoms with Crippen molar-refractivity contribution < 1.29 is 9.18 Å². The highest BCUT2D eigenvalue weighted by Crippen LogP contribution is 2.41. The van der Waals surface area contributed by atoms with Crippen LogP contribution in [0.5, 0.6) is 0 Å². The number of carbonyl (C=O) groups is 1. The summed E-state index contributed by atoms with van der Waals surface area (Å²) in [7, 11) is 0. The quantitative estimate of drug-likeness (QED) is 0.528. The second kappa shape index (κ2) is 8.50. The second-order valence-electron chi connectivity index (χ2n) is 7.96. The highest BCUT2D eigenvalue weighted by atomic mass is 35.5. The molecular weight excluding hydrogens is 387 g/mol. The van der Waals surface area contributed by atoms with Crippen molar-refractivity contribution in [3.8, 4) is 0 Å². The Kier molecular flexibility index (Phi) is 5.81. The zero-order valence-electron chi connectivity index (χ0n) is 16.4. The van der Waals surface area contributed by atoms with Crippen molar-refractivity contribution in [1.82, 2.24) is 4.98 Å². The molecule has 1 heterocycles. The molecule has 0 radical (unpaired) electrons. The molecule has 0 saturated heterocycles. The molecule has 3 aromatic rings. The van der Waals surface area contributed by atoms with Gasteiger partial charge < -0.3 is 5.32 Å². The minimum atomic E-state index is -0.229. The fraction of sp³-hybridized carbons (Fsp3) is 0.333. The number of rotatable bonds is 4. The van der Waals surface area contributed by atoms with Crippen LogP contribution in [0.2, 0.25) is 5.02 Å². The zero-order chi connectivity index (χ0) is 20.4. The summed E-state index contributed by atoms with van der Waals surface area (Å²) in [6, 6.07) is 14.0. The number of fused-ring (bicyclic) bond motifs is 1. The summed E-state index contributed by atoms with van der Waals surface area (Å²) in [5, 5.41) is 4.55. The van der Waals surface area contributed by atoms with Crippen molar-refractivity contribution in [2.24, 2.45) is 11.8 Å². The number of halogens is 2. The lowest BCUT2D eigenvalue weighted by molar-refractivity contribution is -0.121. The van der Waals surface area contributed by atoms with E-state index in [4.69, 9.17) is 11.6 Å². The predicted octanol–water partition coefficient (Wildman–Crippen LogP) is 6.58. The Bertz CT molecular complexity index is 1010. The van der Waals surface area contributed by atoms with E-state index in [1.165, 1.54) is 11.6 Å². The molecule has 1 aromatic heterocycles. The zero-order valence-corrected chi connectivity index (χ0v) is 17.1. The summed E-state index contributed by atoms with van der Waals surface area (Å²) in [5.74, 6) is 0.492. The molecule has 1 saturated carbocycles. The number of benzene rings is 2. The van der Waals surface area contributed by atoms with Gasteiger partial charge >= 0.3 is 0 Å². The Hall–Kier alpha value is -2.46. The van der Waals surface area contributed by atoms with Gasteiger partial charge in [-0.2, -0.15) is 0 Å². The lowest BCUT2D eigenvalue weighted by Crippen LogP contribution is -2.29. The molecule has 1 amide bonds. The fourth-order valence-electron chi connectivity index (χ4n) is 4.43. The van der Waals surface area contributed by atoms with Crippen molar-refractivity contribution in [2.75, 3.05) is 5.32 Å². The lowest BCUT2D eigenvalue weighted by Gasteiger charge is -2.32. The van der Waals surface area contributed by atoms with E-state index in [1.54, 1.807) is 24.3 Å².